The van der Waals surface area contributed by atoms with Crippen molar-refractivity contribution in [3.63, 3.8) is 0 Å². The van der Waals surface area contributed by atoms with E-state index in [1.165, 1.54) is 59.6 Å². The van der Waals surface area contributed by atoms with Crippen LogP contribution in [0.3, 0.4) is 0 Å². The van der Waals surface area contributed by atoms with Crippen LogP contribution in [0.5, 0.6) is 0 Å². The molecule has 0 amide bonds. The van der Waals surface area contributed by atoms with Crippen molar-refractivity contribution >= 4 is 65.0 Å². The van der Waals surface area contributed by atoms with Gasteiger partial charge in [0.1, 0.15) is 11.2 Å². The summed E-state index contributed by atoms with van der Waals surface area (Å²) in [5.74, 6) is 0. The van der Waals surface area contributed by atoms with Crippen LogP contribution in [0.25, 0.3) is 76.2 Å². The molecule has 7 aromatic carbocycles. The zero-order valence-electron chi connectivity index (χ0n) is 17.8. The Labute approximate surface area is 189 Å². The normalized spacial score (nSPS) is 12.2. The van der Waals surface area contributed by atoms with Crippen molar-refractivity contribution in [1.82, 2.24) is 0 Å². The van der Waals surface area contributed by atoms with Crippen molar-refractivity contribution in [2.75, 3.05) is 0 Å². The van der Waals surface area contributed by atoms with E-state index in [9.17, 15) is 0 Å². The van der Waals surface area contributed by atoms with Gasteiger partial charge in [-0.05, 0) is 78.5 Å². The fourth-order valence-corrected chi connectivity index (χ4v) is 5.62. The Morgan fingerprint density at radius 3 is 1.88 bits per heavy atom. The molecule has 0 aliphatic heterocycles. The molecule has 0 aliphatic carbocycles. The summed E-state index contributed by atoms with van der Waals surface area (Å²) in [6.07, 6.45) is 0. The van der Waals surface area contributed by atoms with Gasteiger partial charge in [-0.3, -0.25) is 0 Å². The minimum absolute atomic E-state index is 0.934. The van der Waals surface area contributed by atoms with Crippen molar-refractivity contribution in [2.45, 2.75) is 0 Å². The largest absolute Gasteiger partial charge is 0.456 e. The predicted molar refractivity (Wildman–Crippen MR) is 140 cm³/mol. The number of rotatable bonds is 1. The highest BCUT2D eigenvalue weighted by Crippen LogP contribution is 2.41. The van der Waals surface area contributed by atoms with Gasteiger partial charge in [-0.2, -0.15) is 0 Å². The van der Waals surface area contributed by atoms with Gasteiger partial charge in [0.25, 0.3) is 0 Å². The molecule has 0 unspecified atom stereocenters. The van der Waals surface area contributed by atoms with Gasteiger partial charge in [-0.1, -0.05) is 84.9 Å². The Balaban J connectivity index is 1.42. The molecule has 0 atom stereocenters. The Morgan fingerprint density at radius 2 is 1.03 bits per heavy atom. The lowest BCUT2D eigenvalue weighted by Gasteiger charge is -2.14. The van der Waals surface area contributed by atoms with Crippen molar-refractivity contribution in [1.29, 1.82) is 0 Å². The van der Waals surface area contributed by atoms with Crippen LogP contribution in [0.4, 0.5) is 0 Å². The van der Waals surface area contributed by atoms with E-state index in [1.807, 2.05) is 0 Å². The summed E-state index contributed by atoms with van der Waals surface area (Å²) >= 11 is 0. The van der Waals surface area contributed by atoms with Gasteiger partial charge in [0.2, 0.25) is 0 Å². The zero-order valence-corrected chi connectivity index (χ0v) is 17.8. The highest BCUT2D eigenvalue weighted by Gasteiger charge is 2.14. The van der Waals surface area contributed by atoms with E-state index in [-0.39, 0.29) is 0 Å². The van der Waals surface area contributed by atoms with Gasteiger partial charge >= 0.3 is 0 Å². The van der Waals surface area contributed by atoms with Gasteiger partial charge < -0.3 is 4.42 Å². The van der Waals surface area contributed by atoms with Gasteiger partial charge in [-0.25, -0.2) is 0 Å². The summed E-state index contributed by atoms with van der Waals surface area (Å²) in [6.45, 7) is 0. The van der Waals surface area contributed by atoms with Crippen molar-refractivity contribution in [2.24, 2.45) is 0 Å². The first kappa shape index (κ1) is 17.2. The molecule has 0 bridgehead atoms. The number of benzene rings is 7. The van der Waals surface area contributed by atoms with Crippen LogP contribution < -0.4 is 0 Å². The van der Waals surface area contributed by atoms with E-state index in [1.54, 1.807) is 0 Å². The molecule has 1 nitrogen and oxygen atoms in total. The van der Waals surface area contributed by atoms with Gasteiger partial charge in [0.05, 0.1) is 0 Å². The molecule has 152 valence electrons. The maximum absolute atomic E-state index is 6.35. The van der Waals surface area contributed by atoms with Crippen LogP contribution in [0.1, 0.15) is 0 Å². The quantitative estimate of drug-likeness (QED) is 0.242. The van der Waals surface area contributed by atoms with Crippen LogP contribution in [0, 0.1) is 0 Å². The first-order valence-electron chi connectivity index (χ1n) is 11.4. The molecule has 0 saturated heterocycles. The van der Waals surface area contributed by atoms with Crippen molar-refractivity contribution in [3.8, 4) is 11.1 Å². The molecule has 1 aromatic heterocycles. The SMILES string of the molecule is c1ccc2cc3c(cc2c1)oc1cc(-c2ccc4ccc5cccc6ccc2c4c56)ccc13. The van der Waals surface area contributed by atoms with Crippen LogP contribution in [-0.4, -0.2) is 0 Å². The Kier molecular flexibility index (Phi) is 3.19. The molecule has 0 radical (unpaired) electrons. The number of furan rings is 1. The third-order valence-electron chi connectivity index (χ3n) is 7.18. The maximum atomic E-state index is 6.35. The molecule has 0 aliphatic rings. The average Bonchev–Trinajstić information content (AvgIpc) is 3.22. The van der Waals surface area contributed by atoms with Gasteiger partial charge in [0, 0.05) is 10.8 Å². The summed E-state index contributed by atoms with van der Waals surface area (Å²) in [6, 6.07) is 39.5. The fourth-order valence-electron chi connectivity index (χ4n) is 5.62. The van der Waals surface area contributed by atoms with Crippen LogP contribution in [0.2, 0.25) is 0 Å². The van der Waals surface area contributed by atoms with E-state index in [4.69, 9.17) is 4.42 Å². The van der Waals surface area contributed by atoms with Gasteiger partial charge in [0.15, 0.2) is 0 Å². The molecule has 1 heteroatoms. The number of fused-ring (bicyclic) bond motifs is 4. The topological polar surface area (TPSA) is 13.1 Å². The van der Waals surface area contributed by atoms with Crippen LogP contribution in [-0.2, 0) is 0 Å². The molecule has 8 aromatic rings. The summed E-state index contributed by atoms with van der Waals surface area (Å²) in [4.78, 5) is 0. The zero-order chi connectivity index (χ0) is 21.5. The summed E-state index contributed by atoms with van der Waals surface area (Å²) in [5.41, 5.74) is 4.30. The first-order chi connectivity index (χ1) is 16.3. The highest BCUT2D eigenvalue weighted by atomic mass is 16.3. The molecular formula is C32H18O. The monoisotopic (exact) mass is 418 g/mol. The smallest absolute Gasteiger partial charge is 0.136 e. The maximum Gasteiger partial charge on any atom is 0.136 e. The second kappa shape index (κ2) is 6.11. The van der Waals surface area contributed by atoms with Crippen molar-refractivity contribution in [3.05, 3.63) is 109 Å². The van der Waals surface area contributed by atoms with E-state index in [2.05, 4.69) is 109 Å². The standard InChI is InChI=1S/C32H18O/c1-2-5-23-17-30-28(16-22(23)4-1)26-14-12-24(18-29(26)33-30)25-13-10-21-9-8-19-6-3-7-20-11-15-27(25)32(21)31(19)20/h1-18H. The van der Waals surface area contributed by atoms with E-state index in [0.717, 1.165) is 16.6 Å². The summed E-state index contributed by atoms with van der Waals surface area (Å²) in [5, 5.41) is 12.6. The summed E-state index contributed by atoms with van der Waals surface area (Å²) < 4.78 is 6.35. The van der Waals surface area contributed by atoms with Crippen LogP contribution >= 0.6 is 0 Å². The highest BCUT2D eigenvalue weighted by molar-refractivity contribution is 6.25. The Morgan fingerprint density at radius 1 is 0.394 bits per heavy atom. The molecule has 33 heavy (non-hydrogen) atoms. The lowest BCUT2D eigenvalue weighted by atomic mass is 9.90. The van der Waals surface area contributed by atoms with E-state index in [0.29, 0.717) is 0 Å². The van der Waals surface area contributed by atoms with E-state index >= 15 is 0 Å². The minimum atomic E-state index is 0.934. The lowest BCUT2D eigenvalue weighted by Crippen LogP contribution is -1.87. The predicted octanol–water partition coefficient (Wildman–Crippen LogP) is 9.30. The number of hydrogen-bond donors (Lipinski definition) is 0. The molecule has 0 spiro atoms. The second-order valence-corrected chi connectivity index (χ2v) is 8.98. The van der Waals surface area contributed by atoms with Crippen molar-refractivity contribution < 1.29 is 4.42 Å². The number of hydrogen-bond acceptors (Lipinski definition) is 1. The van der Waals surface area contributed by atoms with Crippen LogP contribution in [0.15, 0.2) is 114 Å². The third-order valence-corrected chi connectivity index (χ3v) is 7.18. The molecule has 0 N–H and O–H groups in total. The molecule has 0 fully saturated rings. The molecule has 0 saturated carbocycles. The molecular weight excluding hydrogens is 400 g/mol. The molecule has 8 rings (SSSR count). The lowest BCUT2D eigenvalue weighted by molar-refractivity contribution is 0.669. The average molecular weight is 418 g/mol. The van der Waals surface area contributed by atoms with E-state index < -0.39 is 0 Å². The first-order valence-corrected chi connectivity index (χ1v) is 11.4. The molecule has 1 heterocycles. The second-order valence-electron chi connectivity index (χ2n) is 8.98. The fraction of sp³-hybridized carbons (Fsp3) is 0. The Hall–Kier alpha value is -4.36. The third kappa shape index (κ3) is 2.31. The minimum Gasteiger partial charge on any atom is -0.456 e. The summed E-state index contributed by atoms with van der Waals surface area (Å²) in [7, 11) is 0. The van der Waals surface area contributed by atoms with Gasteiger partial charge in [-0.15, -0.1) is 0 Å². The Bertz CT molecular complexity index is 2010.